The monoisotopic (exact) mass is 261 g/mol. The normalized spacial score (nSPS) is 13.1. The Bertz CT molecular complexity index is 286. The second-order valence-corrected chi connectivity index (χ2v) is 4.19. The predicted octanol–water partition coefficient (Wildman–Crippen LogP) is 1.18. The van der Waals surface area contributed by atoms with Crippen molar-refractivity contribution in [3.05, 3.63) is 16.4 Å². The van der Waals surface area contributed by atoms with Crippen LogP contribution in [-0.2, 0) is 17.7 Å². The molecule has 0 saturated heterocycles. The Morgan fingerprint density at radius 3 is 3.00 bits per heavy atom. The summed E-state index contributed by atoms with van der Waals surface area (Å²) in [6.45, 7) is 3.42. The molecule has 1 heterocycles. The number of aromatic nitrogens is 2. The number of hydrogen-bond acceptors (Lipinski definition) is 3. The third kappa shape index (κ3) is 3.08. The summed E-state index contributed by atoms with van der Waals surface area (Å²) in [5, 5.41) is 4.24. The number of nitrogens with two attached hydrogens (primary N) is 1. The Kier molecular flexibility index (Phi) is 4.57. The molecule has 0 saturated carbocycles. The average molecular weight is 262 g/mol. The van der Waals surface area contributed by atoms with Gasteiger partial charge in [-0.2, -0.15) is 5.10 Å². The molecule has 2 N–H and O–H groups in total. The van der Waals surface area contributed by atoms with Crippen LogP contribution in [0.3, 0.4) is 0 Å². The van der Waals surface area contributed by atoms with Crippen molar-refractivity contribution in [1.29, 1.82) is 0 Å². The molecule has 14 heavy (non-hydrogen) atoms. The molecule has 1 rings (SSSR count). The maximum absolute atomic E-state index is 5.76. The van der Waals surface area contributed by atoms with Crippen molar-refractivity contribution in [3.8, 4) is 0 Å². The molecular weight excluding hydrogens is 246 g/mol. The van der Waals surface area contributed by atoms with Crippen LogP contribution in [0.1, 0.15) is 12.6 Å². The lowest BCUT2D eigenvalue weighted by Crippen LogP contribution is -2.21. The second kappa shape index (κ2) is 5.48. The van der Waals surface area contributed by atoms with Gasteiger partial charge in [0.25, 0.3) is 0 Å². The zero-order chi connectivity index (χ0) is 10.6. The standard InChI is InChI=1S/C9H16BrN3O/c1-7(11)5-9-8(10)6-12-13(9)3-4-14-2/h6-7H,3-5,11H2,1-2H3. The predicted molar refractivity (Wildman–Crippen MR) is 59.2 cm³/mol. The minimum atomic E-state index is 0.143. The maximum Gasteiger partial charge on any atom is 0.0658 e. The van der Waals surface area contributed by atoms with E-state index >= 15 is 0 Å². The van der Waals surface area contributed by atoms with E-state index in [1.807, 2.05) is 11.6 Å². The van der Waals surface area contributed by atoms with Crippen LogP contribution >= 0.6 is 15.9 Å². The van der Waals surface area contributed by atoms with Crippen LogP contribution in [0.25, 0.3) is 0 Å². The van der Waals surface area contributed by atoms with E-state index in [0.717, 1.165) is 23.1 Å². The molecule has 80 valence electrons. The summed E-state index contributed by atoms with van der Waals surface area (Å²) in [5.41, 5.74) is 6.89. The lowest BCUT2D eigenvalue weighted by molar-refractivity contribution is 0.182. The summed E-state index contributed by atoms with van der Waals surface area (Å²) in [5.74, 6) is 0. The number of nitrogens with zero attached hydrogens (tertiary/aromatic N) is 2. The molecule has 0 aliphatic rings. The number of rotatable bonds is 5. The van der Waals surface area contributed by atoms with Crippen molar-refractivity contribution in [2.45, 2.75) is 25.9 Å². The fourth-order valence-corrected chi connectivity index (χ4v) is 1.72. The van der Waals surface area contributed by atoms with Crippen molar-refractivity contribution in [3.63, 3.8) is 0 Å². The maximum atomic E-state index is 5.76. The highest BCUT2D eigenvalue weighted by atomic mass is 79.9. The highest BCUT2D eigenvalue weighted by Gasteiger charge is 2.09. The summed E-state index contributed by atoms with van der Waals surface area (Å²) in [7, 11) is 1.68. The van der Waals surface area contributed by atoms with Crippen LogP contribution < -0.4 is 5.73 Å². The second-order valence-electron chi connectivity index (χ2n) is 3.34. The number of halogens is 1. The lowest BCUT2D eigenvalue weighted by Gasteiger charge is -2.09. The first-order valence-corrected chi connectivity index (χ1v) is 5.39. The molecule has 0 amide bonds. The number of ether oxygens (including phenoxy) is 1. The highest BCUT2D eigenvalue weighted by Crippen LogP contribution is 2.17. The van der Waals surface area contributed by atoms with Gasteiger partial charge >= 0.3 is 0 Å². The van der Waals surface area contributed by atoms with E-state index < -0.39 is 0 Å². The first-order chi connectivity index (χ1) is 6.65. The van der Waals surface area contributed by atoms with Crippen LogP contribution in [0, 0.1) is 0 Å². The third-order valence-electron chi connectivity index (χ3n) is 1.92. The van der Waals surface area contributed by atoms with Gasteiger partial charge in [0.15, 0.2) is 0 Å². The molecule has 5 heteroatoms. The summed E-state index contributed by atoms with van der Waals surface area (Å²) < 4.78 is 7.95. The van der Waals surface area contributed by atoms with Gasteiger partial charge in [0.1, 0.15) is 0 Å². The molecule has 0 aliphatic carbocycles. The van der Waals surface area contributed by atoms with Crippen LogP contribution in [0.5, 0.6) is 0 Å². The Morgan fingerprint density at radius 1 is 1.71 bits per heavy atom. The molecule has 0 bridgehead atoms. The van der Waals surface area contributed by atoms with Crippen LogP contribution in [-0.4, -0.2) is 29.5 Å². The van der Waals surface area contributed by atoms with Gasteiger partial charge in [-0.05, 0) is 22.9 Å². The van der Waals surface area contributed by atoms with E-state index in [1.165, 1.54) is 0 Å². The quantitative estimate of drug-likeness (QED) is 0.867. The van der Waals surface area contributed by atoms with Crippen LogP contribution in [0.2, 0.25) is 0 Å². The molecule has 1 unspecified atom stereocenters. The lowest BCUT2D eigenvalue weighted by atomic mass is 10.2. The van der Waals surface area contributed by atoms with E-state index in [4.69, 9.17) is 10.5 Å². The van der Waals surface area contributed by atoms with Gasteiger partial charge in [0.2, 0.25) is 0 Å². The summed E-state index contributed by atoms with van der Waals surface area (Å²) >= 11 is 3.46. The van der Waals surface area contributed by atoms with Gasteiger partial charge in [0, 0.05) is 19.6 Å². The van der Waals surface area contributed by atoms with Crippen molar-refractivity contribution < 1.29 is 4.74 Å². The van der Waals surface area contributed by atoms with Gasteiger partial charge in [0.05, 0.1) is 29.5 Å². The number of hydrogen-bond donors (Lipinski definition) is 1. The van der Waals surface area contributed by atoms with E-state index in [2.05, 4.69) is 21.0 Å². The van der Waals surface area contributed by atoms with Gasteiger partial charge in [-0.1, -0.05) is 0 Å². The van der Waals surface area contributed by atoms with Gasteiger partial charge < -0.3 is 10.5 Å². The first kappa shape index (κ1) is 11.7. The van der Waals surface area contributed by atoms with Crippen molar-refractivity contribution >= 4 is 15.9 Å². The Hall–Kier alpha value is -0.390. The SMILES string of the molecule is COCCn1ncc(Br)c1CC(C)N. The molecule has 0 spiro atoms. The van der Waals surface area contributed by atoms with E-state index in [0.29, 0.717) is 6.61 Å². The smallest absolute Gasteiger partial charge is 0.0658 e. The molecule has 1 atom stereocenters. The van der Waals surface area contributed by atoms with Crippen molar-refractivity contribution in [2.24, 2.45) is 5.73 Å². The van der Waals surface area contributed by atoms with Crippen molar-refractivity contribution in [2.75, 3.05) is 13.7 Å². The third-order valence-corrected chi connectivity index (χ3v) is 2.58. The highest BCUT2D eigenvalue weighted by molar-refractivity contribution is 9.10. The van der Waals surface area contributed by atoms with E-state index in [-0.39, 0.29) is 6.04 Å². The molecular formula is C9H16BrN3O. The molecule has 4 nitrogen and oxygen atoms in total. The zero-order valence-corrected chi connectivity index (χ0v) is 10.1. The molecule has 0 radical (unpaired) electrons. The topological polar surface area (TPSA) is 53.1 Å². The fraction of sp³-hybridized carbons (Fsp3) is 0.667. The molecule has 0 aromatic carbocycles. The number of methoxy groups -OCH3 is 1. The van der Waals surface area contributed by atoms with Gasteiger partial charge in [-0.15, -0.1) is 0 Å². The minimum Gasteiger partial charge on any atom is -0.383 e. The molecule has 0 fully saturated rings. The minimum absolute atomic E-state index is 0.143. The first-order valence-electron chi connectivity index (χ1n) is 4.60. The van der Waals surface area contributed by atoms with Crippen molar-refractivity contribution in [1.82, 2.24) is 9.78 Å². The Morgan fingerprint density at radius 2 is 2.43 bits per heavy atom. The fourth-order valence-electron chi connectivity index (χ4n) is 1.27. The molecule has 0 aliphatic heterocycles. The molecule has 1 aromatic heterocycles. The van der Waals surface area contributed by atoms with Crippen LogP contribution in [0.4, 0.5) is 0 Å². The Labute approximate surface area is 92.5 Å². The van der Waals surface area contributed by atoms with Gasteiger partial charge in [-0.3, -0.25) is 4.68 Å². The molecule has 1 aromatic rings. The summed E-state index contributed by atoms with van der Waals surface area (Å²) in [4.78, 5) is 0. The average Bonchev–Trinajstić information content (AvgIpc) is 2.45. The summed E-state index contributed by atoms with van der Waals surface area (Å²) in [6, 6.07) is 0.143. The van der Waals surface area contributed by atoms with Gasteiger partial charge in [-0.25, -0.2) is 0 Å². The van der Waals surface area contributed by atoms with E-state index in [1.54, 1.807) is 13.3 Å². The largest absolute Gasteiger partial charge is 0.383 e. The van der Waals surface area contributed by atoms with E-state index in [9.17, 15) is 0 Å². The Balaban J connectivity index is 2.72. The summed E-state index contributed by atoms with van der Waals surface area (Å²) in [6.07, 6.45) is 2.62. The van der Waals surface area contributed by atoms with Crippen LogP contribution in [0.15, 0.2) is 10.7 Å². The zero-order valence-electron chi connectivity index (χ0n) is 8.53.